The third-order valence-electron chi connectivity index (χ3n) is 7.63. The van der Waals surface area contributed by atoms with E-state index in [1.165, 1.54) is 109 Å². The van der Waals surface area contributed by atoms with Crippen LogP contribution in [0.3, 0.4) is 0 Å². The molecule has 2 rings (SSSR count). The fraction of sp³-hybridized carbons (Fsp3) is 0.767. The van der Waals surface area contributed by atoms with Crippen LogP contribution in [0.25, 0.3) is 0 Å². The number of piperidine rings is 1. The number of likely N-dealkylation sites (tertiary alicyclic amines) is 1. The molecule has 0 spiro atoms. The van der Waals surface area contributed by atoms with E-state index in [1.54, 1.807) is 0 Å². The number of phenolic OH excluding ortho intramolecular Hbond substituents is 3. The summed E-state index contributed by atoms with van der Waals surface area (Å²) >= 11 is 0. The number of carbonyl (C=O) groups is 1. The second-order valence-electron chi connectivity index (χ2n) is 10.7. The maximum absolute atomic E-state index is 13.2. The van der Waals surface area contributed by atoms with Gasteiger partial charge < -0.3 is 20.2 Å². The van der Waals surface area contributed by atoms with Crippen molar-refractivity contribution in [3.05, 3.63) is 17.7 Å². The maximum atomic E-state index is 13.2. The van der Waals surface area contributed by atoms with Crippen LogP contribution in [0.4, 0.5) is 0 Å². The number of rotatable bonds is 19. The van der Waals surface area contributed by atoms with Gasteiger partial charge in [-0.1, -0.05) is 84.0 Å². The third-order valence-corrected chi connectivity index (χ3v) is 7.63. The lowest BCUT2D eigenvalue weighted by atomic mass is 9.88. The van der Waals surface area contributed by atoms with E-state index in [-0.39, 0.29) is 40.9 Å². The number of ketones is 1. The SMILES string of the molecule is CCCCCCCCCCCCCC(CCCN1CCCCC1)C(=O)Cc1c(O)cc(O)cc1O. The van der Waals surface area contributed by atoms with Gasteiger partial charge in [-0.15, -0.1) is 0 Å². The Morgan fingerprint density at radius 1 is 0.771 bits per heavy atom. The van der Waals surface area contributed by atoms with Gasteiger partial charge in [0.2, 0.25) is 0 Å². The van der Waals surface area contributed by atoms with Crippen molar-refractivity contribution in [3.8, 4) is 17.2 Å². The molecule has 1 unspecified atom stereocenters. The van der Waals surface area contributed by atoms with Crippen molar-refractivity contribution >= 4 is 5.78 Å². The number of hydrogen-bond acceptors (Lipinski definition) is 5. The molecule has 0 amide bonds. The Kier molecular flexibility index (Phi) is 14.9. The molecule has 1 aromatic rings. The number of aromatic hydroxyl groups is 3. The smallest absolute Gasteiger partial charge is 0.140 e. The van der Waals surface area contributed by atoms with Crippen molar-refractivity contribution in [2.75, 3.05) is 19.6 Å². The predicted octanol–water partition coefficient (Wildman–Crippen LogP) is 7.50. The van der Waals surface area contributed by atoms with Gasteiger partial charge in [0.25, 0.3) is 0 Å². The molecule has 1 aromatic carbocycles. The Balaban J connectivity index is 1.76. The summed E-state index contributed by atoms with van der Waals surface area (Å²) in [5.74, 6) is -0.566. The summed E-state index contributed by atoms with van der Waals surface area (Å²) in [6.07, 6.45) is 20.9. The largest absolute Gasteiger partial charge is 0.508 e. The zero-order valence-electron chi connectivity index (χ0n) is 22.3. The lowest BCUT2D eigenvalue weighted by Gasteiger charge is -2.27. The monoisotopic (exact) mass is 489 g/mol. The number of hydrogen-bond donors (Lipinski definition) is 3. The molecule has 1 aliphatic rings. The van der Waals surface area contributed by atoms with Gasteiger partial charge in [-0.3, -0.25) is 4.79 Å². The third kappa shape index (κ3) is 12.2. The lowest BCUT2D eigenvalue weighted by molar-refractivity contribution is -0.122. The molecule has 3 N–H and O–H groups in total. The first kappa shape index (κ1) is 29.5. The average molecular weight is 490 g/mol. The van der Waals surface area contributed by atoms with E-state index in [2.05, 4.69) is 11.8 Å². The van der Waals surface area contributed by atoms with E-state index < -0.39 is 0 Å². The Labute approximate surface area is 213 Å². The van der Waals surface area contributed by atoms with Gasteiger partial charge in [0.05, 0.1) is 0 Å². The van der Waals surface area contributed by atoms with Gasteiger partial charge in [0.15, 0.2) is 0 Å². The number of phenols is 3. The molecule has 1 heterocycles. The molecule has 0 aliphatic carbocycles. The maximum Gasteiger partial charge on any atom is 0.140 e. The molecule has 5 heteroatoms. The van der Waals surface area contributed by atoms with Crippen LogP contribution in [-0.4, -0.2) is 45.6 Å². The molecule has 0 radical (unpaired) electrons. The first-order valence-electron chi connectivity index (χ1n) is 14.5. The molecule has 1 aliphatic heterocycles. The van der Waals surface area contributed by atoms with E-state index in [1.807, 2.05) is 0 Å². The molecule has 0 bridgehead atoms. The number of unbranched alkanes of at least 4 members (excludes halogenated alkanes) is 10. The van der Waals surface area contributed by atoms with Crippen molar-refractivity contribution in [1.82, 2.24) is 4.90 Å². The fourth-order valence-electron chi connectivity index (χ4n) is 5.39. The van der Waals surface area contributed by atoms with Crippen LogP contribution < -0.4 is 0 Å². The summed E-state index contributed by atoms with van der Waals surface area (Å²) in [5, 5.41) is 29.9. The Morgan fingerprint density at radius 3 is 1.86 bits per heavy atom. The van der Waals surface area contributed by atoms with Gasteiger partial charge in [0, 0.05) is 30.0 Å². The summed E-state index contributed by atoms with van der Waals surface area (Å²) in [5.41, 5.74) is 0.229. The van der Waals surface area contributed by atoms with Crippen LogP contribution >= 0.6 is 0 Å². The molecule has 0 saturated carbocycles. The summed E-state index contributed by atoms with van der Waals surface area (Å²) in [7, 11) is 0. The first-order chi connectivity index (χ1) is 17.0. The molecular weight excluding hydrogens is 438 g/mol. The number of benzene rings is 1. The van der Waals surface area contributed by atoms with E-state index >= 15 is 0 Å². The molecule has 200 valence electrons. The molecule has 1 atom stereocenters. The van der Waals surface area contributed by atoms with Gasteiger partial charge in [-0.05, 0) is 51.7 Å². The highest BCUT2D eigenvalue weighted by atomic mass is 16.3. The molecular formula is C30H51NO4. The van der Waals surface area contributed by atoms with E-state index in [9.17, 15) is 20.1 Å². The minimum absolute atomic E-state index is 0.0182. The van der Waals surface area contributed by atoms with Gasteiger partial charge in [0.1, 0.15) is 23.0 Å². The fourth-order valence-corrected chi connectivity index (χ4v) is 5.39. The van der Waals surface area contributed by atoms with Crippen LogP contribution in [0.5, 0.6) is 17.2 Å². The van der Waals surface area contributed by atoms with Crippen LogP contribution in [0.1, 0.15) is 122 Å². The Morgan fingerprint density at radius 2 is 1.29 bits per heavy atom. The summed E-state index contributed by atoms with van der Waals surface area (Å²) < 4.78 is 0. The predicted molar refractivity (Wildman–Crippen MR) is 144 cm³/mol. The first-order valence-corrected chi connectivity index (χ1v) is 14.5. The molecule has 5 nitrogen and oxygen atoms in total. The molecule has 0 aromatic heterocycles. The van der Waals surface area contributed by atoms with Crippen molar-refractivity contribution in [2.24, 2.45) is 5.92 Å². The Bertz CT molecular complexity index is 691. The van der Waals surface area contributed by atoms with Gasteiger partial charge in [-0.2, -0.15) is 0 Å². The average Bonchev–Trinajstić information content (AvgIpc) is 2.84. The van der Waals surface area contributed by atoms with E-state index in [0.717, 1.165) is 32.2 Å². The Hall–Kier alpha value is -1.75. The highest BCUT2D eigenvalue weighted by Crippen LogP contribution is 2.33. The molecule has 1 saturated heterocycles. The van der Waals surface area contributed by atoms with Gasteiger partial charge in [-0.25, -0.2) is 0 Å². The van der Waals surface area contributed by atoms with Crippen molar-refractivity contribution < 1.29 is 20.1 Å². The topological polar surface area (TPSA) is 81.0 Å². The quantitative estimate of drug-likeness (QED) is 0.175. The normalized spacial score (nSPS) is 15.3. The summed E-state index contributed by atoms with van der Waals surface area (Å²) in [4.78, 5) is 15.7. The van der Waals surface area contributed by atoms with Crippen LogP contribution in [0.15, 0.2) is 12.1 Å². The van der Waals surface area contributed by atoms with Crippen molar-refractivity contribution in [1.29, 1.82) is 0 Å². The van der Waals surface area contributed by atoms with Crippen molar-refractivity contribution in [3.63, 3.8) is 0 Å². The number of carbonyl (C=O) groups excluding carboxylic acids is 1. The second-order valence-corrected chi connectivity index (χ2v) is 10.7. The highest BCUT2D eigenvalue weighted by molar-refractivity contribution is 5.84. The molecule has 35 heavy (non-hydrogen) atoms. The summed E-state index contributed by atoms with van der Waals surface area (Å²) in [6, 6.07) is 2.38. The molecule has 1 fully saturated rings. The number of nitrogens with zero attached hydrogens (tertiary/aromatic N) is 1. The second kappa shape index (κ2) is 17.6. The number of Topliss-reactive ketones (excluding diaryl/α,β-unsaturated/α-hetero) is 1. The highest BCUT2D eigenvalue weighted by Gasteiger charge is 2.22. The van der Waals surface area contributed by atoms with E-state index in [4.69, 9.17) is 0 Å². The van der Waals surface area contributed by atoms with Gasteiger partial charge >= 0.3 is 0 Å². The zero-order chi connectivity index (χ0) is 25.3. The lowest BCUT2D eigenvalue weighted by Crippen LogP contribution is -2.31. The van der Waals surface area contributed by atoms with Crippen molar-refractivity contribution in [2.45, 2.75) is 122 Å². The van der Waals surface area contributed by atoms with E-state index in [0.29, 0.717) is 0 Å². The van der Waals surface area contributed by atoms with Crippen LogP contribution in [0.2, 0.25) is 0 Å². The minimum Gasteiger partial charge on any atom is -0.508 e. The minimum atomic E-state index is -0.211. The standard InChI is InChI=1S/C30H51NO4/c1-2-3-4-5-6-7-8-9-10-11-13-17-25(18-16-21-31-19-14-12-15-20-31)28(33)24-27-29(34)22-26(32)23-30(27)35/h22-23,25,32,34-35H,2-21,24H2,1H3. The zero-order valence-corrected chi connectivity index (χ0v) is 22.3. The summed E-state index contributed by atoms with van der Waals surface area (Å²) in [6.45, 7) is 5.66. The van der Waals surface area contributed by atoms with Crippen LogP contribution in [0, 0.1) is 5.92 Å². The van der Waals surface area contributed by atoms with Crippen LogP contribution in [-0.2, 0) is 11.2 Å².